The van der Waals surface area contributed by atoms with Crippen LogP contribution in [0.4, 0.5) is 0 Å². The van der Waals surface area contributed by atoms with E-state index in [-0.39, 0.29) is 18.7 Å². The van der Waals surface area contributed by atoms with Gasteiger partial charge in [0.15, 0.2) is 0 Å². The highest BCUT2D eigenvalue weighted by Crippen LogP contribution is 2.19. The van der Waals surface area contributed by atoms with Crippen molar-refractivity contribution in [1.82, 2.24) is 4.90 Å². The van der Waals surface area contributed by atoms with Gasteiger partial charge >= 0.3 is 5.97 Å². The molecule has 0 aliphatic carbocycles. The van der Waals surface area contributed by atoms with Gasteiger partial charge in [-0.15, -0.1) is 0 Å². The van der Waals surface area contributed by atoms with Crippen molar-refractivity contribution >= 4 is 5.97 Å². The second-order valence-electron chi connectivity index (χ2n) is 4.65. The van der Waals surface area contributed by atoms with E-state index in [0.717, 1.165) is 19.4 Å². The van der Waals surface area contributed by atoms with Crippen molar-refractivity contribution in [3.05, 3.63) is 0 Å². The standard InChI is InChI=1S/C10H19NO3/c1-10(2,3)14-9(13)8-5-4-6-11(8)7-12/h8,12H,4-7H2,1-3H3. The van der Waals surface area contributed by atoms with Gasteiger partial charge in [-0.1, -0.05) is 0 Å². The second kappa shape index (κ2) is 4.28. The van der Waals surface area contributed by atoms with E-state index >= 15 is 0 Å². The van der Waals surface area contributed by atoms with Gasteiger partial charge < -0.3 is 9.84 Å². The van der Waals surface area contributed by atoms with Crippen molar-refractivity contribution < 1.29 is 14.6 Å². The Balaban J connectivity index is 2.52. The van der Waals surface area contributed by atoms with Gasteiger partial charge in [0.05, 0.1) is 6.73 Å². The molecule has 82 valence electrons. The van der Waals surface area contributed by atoms with Gasteiger partial charge in [0.1, 0.15) is 11.6 Å². The van der Waals surface area contributed by atoms with Crippen LogP contribution >= 0.6 is 0 Å². The molecule has 0 saturated carbocycles. The number of aliphatic hydroxyl groups excluding tert-OH is 1. The highest BCUT2D eigenvalue weighted by molar-refractivity contribution is 5.76. The summed E-state index contributed by atoms with van der Waals surface area (Å²) in [6, 6.07) is -0.251. The highest BCUT2D eigenvalue weighted by atomic mass is 16.6. The number of carbonyl (C=O) groups excluding carboxylic acids is 1. The fraction of sp³-hybridized carbons (Fsp3) is 0.900. The molecule has 1 N–H and O–H groups in total. The van der Waals surface area contributed by atoms with Crippen molar-refractivity contribution in [1.29, 1.82) is 0 Å². The summed E-state index contributed by atoms with van der Waals surface area (Å²) in [7, 11) is 0. The molecule has 0 aromatic carbocycles. The molecule has 1 heterocycles. The molecule has 0 aromatic rings. The highest BCUT2D eigenvalue weighted by Gasteiger charge is 2.33. The van der Waals surface area contributed by atoms with Gasteiger partial charge in [0, 0.05) is 6.54 Å². The maximum atomic E-state index is 11.7. The molecule has 0 bridgehead atoms. The van der Waals surface area contributed by atoms with Gasteiger partial charge in [0.25, 0.3) is 0 Å². The molecule has 0 amide bonds. The lowest BCUT2D eigenvalue weighted by Gasteiger charge is -2.25. The summed E-state index contributed by atoms with van der Waals surface area (Å²) in [5, 5.41) is 9.00. The Bertz CT molecular complexity index is 210. The van der Waals surface area contributed by atoms with Crippen LogP contribution in [0, 0.1) is 0 Å². The molecule has 1 aliphatic heterocycles. The molecule has 1 saturated heterocycles. The number of likely N-dealkylation sites (tertiary alicyclic amines) is 1. The minimum atomic E-state index is -0.444. The lowest BCUT2D eigenvalue weighted by molar-refractivity contribution is -0.161. The molecular weight excluding hydrogens is 182 g/mol. The summed E-state index contributed by atoms with van der Waals surface area (Å²) in [5.74, 6) is -0.218. The number of hydrogen-bond donors (Lipinski definition) is 1. The molecule has 4 heteroatoms. The maximum absolute atomic E-state index is 11.7. The number of carbonyl (C=O) groups is 1. The second-order valence-corrected chi connectivity index (χ2v) is 4.65. The third-order valence-electron chi connectivity index (χ3n) is 2.22. The van der Waals surface area contributed by atoms with Crippen LogP contribution < -0.4 is 0 Å². The average Bonchev–Trinajstić information content (AvgIpc) is 2.47. The van der Waals surface area contributed by atoms with E-state index in [2.05, 4.69) is 0 Å². The molecular formula is C10H19NO3. The maximum Gasteiger partial charge on any atom is 0.323 e. The number of nitrogens with zero attached hydrogens (tertiary/aromatic N) is 1. The normalized spacial score (nSPS) is 23.9. The predicted molar refractivity (Wildman–Crippen MR) is 52.7 cm³/mol. The molecule has 14 heavy (non-hydrogen) atoms. The molecule has 1 rings (SSSR count). The largest absolute Gasteiger partial charge is 0.459 e. The van der Waals surface area contributed by atoms with E-state index in [0.29, 0.717) is 0 Å². The van der Waals surface area contributed by atoms with Crippen LogP contribution in [0.15, 0.2) is 0 Å². The lowest BCUT2D eigenvalue weighted by atomic mass is 10.1. The fourth-order valence-electron chi connectivity index (χ4n) is 1.63. The minimum absolute atomic E-state index is 0.0656. The van der Waals surface area contributed by atoms with E-state index < -0.39 is 5.60 Å². The molecule has 1 unspecified atom stereocenters. The Kier molecular flexibility index (Phi) is 3.50. The number of ether oxygens (including phenoxy) is 1. The first-order chi connectivity index (χ1) is 6.44. The van der Waals surface area contributed by atoms with Gasteiger partial charge in [-0.25, -0.2) is 0 Å². The van der Waals surface area contributed by atoms with Crippen LogP contribution in [0.1, 0.15) is 33.6 Å². The number of hydrogen-bond acceptors (Lipinski definition) is 4. The van der Waals surface area contributed by atoms with Gasteiger partial charge in [-0.2, -0.15) is 0 Å². The Labute approximate surface area is 84.8 Å². The SMILES string of the molecule is CC(C)(C)OC(=O)C1CCCN1CO. The number of aliphatic hydroxyl groups is 1. The van der Waals surface area contributed by atoms with E-state index in [1.807, 2.05) is 20.8 Å². The monoisotopic (exact) mass is 201 g/mol. The predicted octanol–water partition coefficient (Wildman–Crippen LogP) is 0.742. The first-order valence-corrected chi connectivity index (χ1v) is 5.02. The fourth-order valence-corrected chi connectivity index (χ4v) is 1.63. The molecule has 1 aliphatic rings. The van der Waals surface area contributed by atoms with E-state index in [1.165, 1.54) is 0 Å². The van der Waals surface area contributed by atoms with E-state index in [1.54, 1.807) is 4.90 Å². The first-order valence-electron chi connectivity index (χ1n) is 5.02. The zero-order valence-corrected chi connectivity index (χ0v) is 9.12. The summed E-state index contributed by atoms with van der Waals surface area (Å²) in [6.07, 6.45) is 1.74. The summed E-state index contributed by atoms with van der Waals surface area (Å²) in [6.45, 7) is 6.26. The molecule has 0 spiro atoms. The van der Waals surface area contributed by atoms with Crippen molar-refractivity contribution in [3.63, 3.8) is 0 Å². The van der Waals surface area contributed by atoms with Crippen molar-refractivity contribution in [2.75, 3.05) is 13.3 Å². The van der Waals surface area contributed by atoms with Crippen LogP contribution in [0.25, 0.3) is 0 Å². The van der Waals surface area contributed by atoms with E-state index in [9.17, 15) is 4.79 Å². The zero-order valence-electron chi connectivity index (χ0n) is 9.12. The van der Waals surface area contributed by atoms with Gasteiger partial charge in [-0.05, 0) is 33.6 Å². The Morgan fingerprint density at radius 3 is 2.71 bits per heavy atom. The summed E-state index contributed by atoms with van der Waals surface area (Å²) < 4.78 is 5.26. The van der Waals surface area contributed by atoms with Crippen LogP contribution in [0.5, 0.6) is 0 Å². The Hall–Kier alpha value is -0.610. The minimum Gasteiger partial charge on any atom is -0.459 e. The number of rotatable bonds is 2. The summed E-state index contributed by atoms with van der Waals surface area (Å²) >= 11 is 0. The van der Waals surface area contributed by atoms with Crippen LogP contribution in [0.2, 0.25) is 0 Å². The van der Waals surface area contributed by atoms with Crippen molar-refractivity contribution in [2.24, 2.45) is 0 Å². The third kappa shape index (κ3) is 2.96. The average molecular weight is 201 g/mol. The first kappa shape index (κ1) is 11.5. The lowest BCUT2D eigenvalue weighted by Crippen LogP contribution is -2.40. The van der Waals surface area contributed by atoms with Crippen LogP contribution in [-0.2, 0) is 9.53 Å². The molecule has 0 radical (unpaired) electrons. The van der Waals surface area contributed by atoms with Crippen molar-refractivity contribution in [3.8, 4) is 0 Å². The van der Waals surface area contributed by atoms with E-state index in [4.69, 9.17) is 9.84 Å². The van der Waals surface area contributed by atoms with Gasteiger partial charge in [-0.3, -0.25) is 9.69 Å². The Morgan fingerprint density at radius 1 is 1.57 bits per heavy atom. The quantitative estimate of drug-likeness (QED) is 0.669. The van der Waals surface area contributed by atoms with Crippen molar-refractivity contribution in [2.45, 2.75) is 45.3 Å². The van der Waals surface area contributed by atoms with Crippen LogP contribution in [-0.4, -0.2) is 40.9 Å². The molecule has 0 aromatic heterocycles. The van der Waals surface area contributed by atoms with Crippen LogP contribution in [0.3, 0.4) is 0 Å². The summed E-state index contributed by atoms with van der Waals surface area (Å²) in [5.41, 5.74) is -0.444. The topological polar surface area (TPSA) is 49.8 Å². The molecule has 1 fully saturated rings. The smallest absolute Gasteiger partial charge is 0.323 e. The Morgan fingerprint density at radius 2 is 2.21 bits per heavy atom. The zero-order chi connectivity index (χ0) is 10.8. The molecule has 4 nitrogen and oxygen atoms in total. The number of esters is 1. The molecule has 1 atom stereocenters. The van der Waals surface area contributed by atoms with Gasteiger partial charge in [0.2, 0.25) is 0 Å². The summed E-state index contributed by atoms with van der Waals surface area (Å²) in [4.78, 5) is 13.4. The third-order valence-corrected chi connectivity index (χ3v) is 2.22.